The van der Waals surface area contributed by atoms with Crippen LogP contribution in [0, 0.1) is 0 Å². The lowest BCUT2D eigenvalue weighted by Crippen LogP contribution is -2.06. The molecule has 2 rings (SSSR count). The van der Waals surface area contributed by atoms with E-state index in [9.17, 15) is 4.79 Å². The fourth-order valence-electron chi connectivity index (χ4n) is 1.91. The van der Waals surface area contributed by atoms with Gasteiger partial charge in [0.15, 0.2) is 0 Å². The number of nitrogen functional groups attached to an aromatic ring is 1. The van der Waals surface area contributed by atoms with E-state index in [1.54, 1.807) is 12.1 Å². The predicted octanol–water partition coefficient (Wildman–Crippen LogP) is 1.62. The fraction of sp³-hybridized carbons (Fsp3) is 0.231. The molecule has 6 heteroatoms. The number of hydrogen-bond acceptors (Lipinski definition) is 6. The SMILES string of the molecule is COC(=O)c1cc(N)nc2c(OC)ccc(OC)c12. The number of nitrogens with two attached hydrogens (primary N) is 1. The van der Waals surface area contributed by atoms with Gasteiger partial charge in [-0.1, -0.05) is 0 Å². The van der Waals surface area contributed by atoms with Crippen molar-refractivity contribution in [2.24, 2.45) is 0 Å². The number of rotatable bonds is 3. The molecular formula is C13H14N2O4. The van der Waals surface area contributed by atoms with Gasteiger partial charge >= 0.3 is 5.97 Å². The van der Waals surface area contributed by atoms with E-state index in [0.29, 0.717) is 28.0 Å². The Balaban J connectivity index is 2.91. The molecule has 0 spiro atoms. The first-order valence-corrected chi connectivity index (χ1v) is 5.52. The molecule has 0 bridgehead atoms. The topological polar surface area (TPSA) is 83.7 Å². The molecular weight excluding hydrogens is 248 g/mol. The molecule has 2 aromatic rings. The van der Waals surface area contributed by atoms with Gasteiger partial charge in [-0.25, -0.2) is 9.78 Å². The fourth-order valence-corrected chi connectivity index (χ4v) is 1.91. The highest BCUT2D eigenvalue weighted by molar-refractivity contribution is 6.08. The van der Waals surface area contributed by atoms with Crippen molar-refractivity contribution in [1.29, 1.82) is 0 Å². The number of benzene rings is 1. The number of anilines is 1. The van der Waals surface area contributed by atoms with E-state index in [2.05, 4.69) is 4.98 Å². The van der Waals surface area contributed by atoms with E-state index in [-0.39, 0.29) is 5.82 Å². The number of fused-ring (bicyclic) bond motifs is 1. The average molecular weight is 262 g/mol. The zero-order valence-electron chi connectivity index (χ0n) is 10.9. The Morgan fingerprint density at radius 2 is 1.79 bits per heavy atom. The molecule has 0 atom stereocenters. The highest BCUT2D eigenvalue weighted by atomic mass is 16.5. The third kappa shape index (κ3) is 2.12. The zero-order chi connectivity index (χ0) is 14.0. The second-order valence-electron chi connectivity index (χ2n) is 3.78. The first-order chi connectivity index (χ1) is 9.12. The molecule has 0 aliphatic rings. The van der Waals surface area contributed by atoms with Crippen LogP contribution < -0.4 is 15.2 Å². The van der Waals surface area contributed by atoms with Gasteiger partial charge in [0.25, 0.3) is 0 Å². The number of methoxy groups -OCH3 is 3. The number of hydrogen-bond donors (Lipinski definition) is 1. The third-order valence-electron chi connectivity index (χ3n) is 2.75. The van der Waals surface area contributed by atoms with Crippen LogP contribution in [0.5, 0.6) is 11.5 Å². The van der Waals surface area contributed by atoms with Crippen LogP contribution in [0.25, 0.3) is 10.9 Å². The third-order valence-corrected chi connectivity index (χ3v) is 2.75. The van der Waals surface area contributed by atoms with Crippen molar-refractivity contribution in [2.75, 3.05) is 27.1 Å². The quantitative estimate of drug-likeness (QED) is 0.846. The summed E-state index contributed by atoms with van der Waals surface area (Å²) in [6, 6.07) is 4.86. The van der Waals surface area contributed by atoms with Crippen LogP contribution in [0.1, 0.15) is 10.4 Å². The highest BCUT2D eigenvalue weighted by Gasteiger charge is 2.19. The first-order valence-electron chi connectivity index (χ1n) is 5.52. The molecule has 19 heavy (non-hydrogen) atoms. The van der Waals surface area contributed by atoms with Crippen molar-refractivity contribution in [2.45, 2.75) is 0 Å². The Hall–Kier alpha value is -2.50. The number of nitrogens with zero attached hydrogens (tertiary/aromatic N) is 1. The summed E-state index contributed by atoms with van der Waals surface area (Å²) in [6.45, 7) is 0. The molecule has 0 radical (unpaired) electrons. The number of aromatic nitrogens is 1. The minimum atomic E-state index is -0.509. The summed E-state index contributed by atoms with van der Waals surface area (Å²) < 4.78 is 15.2. The summed E-state index contributed by atoms with van der Waals surface area (Å²) in [6.07, 6.45) is 0. The number of carbonyl (C=O) groups excluding carboxylic acids is 1. The van der Waals surface area contributed by atoms with Crippen molar-refractivity contribution in [1.82, 2.24) is 4.98 Å². The van der Waals surface area contributed by atoms with Crippen LogP contribution in [-0.2, 0) is 4.74 Å². The maximum absolute atomic E-state index is 11.8. The highest BCUT2D eigenvalue weighted by Crippen LogP contribution is 2.35. The van der Waals surface area contributed by atoms with Crippen LogP contribution in [-0.4, -0.2) is 32.3 Å². The van der Waals surface area contributed by atoms with Crippen molar-refractivity contribution in [3.05, 3.63) is 23.8 Å². The second kappa shape index (κ2) is 5.01. The van der Waals surface area contributed by atoms with E-state index in [1.807, 2.05) is 0 Å². The number of esters is 1. The van der Waals surface area contributed by atoms with Crippen LogP contribution >= 0.6 is 0 Å². The molecule has 2 N–H and O–H groups in total. The van der Waals surface area contributed by atoms with Gasteiger partial charge in [-0.3, -0.25) is 0 Å². The van der Waals surface area contributed by atoms with Gasteiger partial charge in [-0.05, 0) is 18.2 Å². The Morgan fingerprint density at radius 1 is 1.16 bits per heavy atom. The van der Waals surface area contributed by atoms with Crippen molar-refractivity contribution in [3.63, 3.8) is 0 Å². The summed E-state index contributed by atoms with van der Waals surface area (Å²) in [5.41, 5.74) is 6.47. The van der Waals surface area contributed by atoms with Gasteiger partial charge in [-0.15, -0.1) is 0 Å². The van der Waals surface area contributed by atoms with E-state index in [1.165, 1.54) is 27.4 Å². The molecule has 0 aliphatic heterocycles. The van der Waals surface area contributed by atoms with Gasteiger partial charge in [-0.2, -0.15) is 0 Å². The Bertz CT molecular complexity index is 640. The normalized spacial score (nSPS) is 10.3. The Morgan fingerprint density at radius 3 is 2.37 bits per heavy atom. The van der Waals surface area contributed by atoms with Gasteiger partial charge in [0.1, 0.15) is 22.8 Å². The molecule has 0 saturated heterocycles. The molecule has 0 aliphatic carbocycles. The van der Waals surface area contributed by atoms with Crippen molar-refractivity contribution < 1.29 is 19.0 Å². The molecule has 1 heterocycles. The molecule has 0 fully saturated rings. The smallest absolute Gasteiger partial charge is 0.338 e. The molecule has 0 unspecified atom stereocenters. The summed E-state index contributed by atoms with van der Waals surface area (Å²) in [4.78, 5) is 16.0. The average Bonchev–Trinajstić information content (AvgIpc) is 2.44. The van der Waals surface area contributed by atoms with Gasteiger partial charge < -0.3 is 19.9 Å². The first kappa shape index (κ1) is 12.9. The summed E-state index contributed by atoms with van der Waals surface area (Å²) in [5.74, 6) is 0.710. The molecule has 1 aromatic carbocycles. The minimum Gasteiger partial charge on any atom is -0.496 e. The van der Waals surface area contributed by atoms with E-state index >= 15 is 0 Å². The van der Waals surface area contributed by atoms with Crippen LogP contribution in [0.2, 0.25) is 0 Å². The lowest BCUT2D eigenvalue weighted by Gasteiger charge is -2.12. The largest absolute Gasteiger partial charge is 0.496 e. The zero-order valence-corrected chi connectivity index (χ0v) is 10.9. The Labute approximate surface area is 110 Å². The number of carbonyl (C=O) groups is 1. The monoisotopic (exact) mass is 262 g/mol. The predicted molar refractivity (Wildman–Crippen MR) is 70.6 cm³/mol. The maximum atomic E-state index is 11.8. The van der Waals surface area contributed by atoms with E-state index in [0.717, 1.165) is 0 Å². The molecule has 100 valence electrons. The van der Waals surface area contributed by atoms with Crippen LogP contribution in [0.3, 0.4) is 0 Å². The standard InChI is InChI=1S/C13H14N2O4/c1-17-8-4-5-9(18-2)12-11(8)7(13(16)19-3)6-10(14)15-12/h4-6H,1-3H3,(H2,14,15). The van der Waals surface area contributed by atoms with Crippen LogP contribution in [0.4, 0.5) is 5.82 Å². The molecule has 6 nitrogen and oxygen atoms in total. The molecule has 1 aromatic heterocycles. The summed E-state index contributed by atoms with van der Waals surface area (Å²) in [5, 5.41) is 0.517. The number of ether oxygens (including phenoxy) is 3. The van der Waals surface area contributed by atoms with Gasteiger partial charge in [0, 0.05) is 0 Å². The van der Waals surface area contributed by atoms with Gasteiger partial charge in [0.2, 0.25) is 0 Å². The van der Waals surface area contributed by atoms with Crippen molar-refractivity contribution in [3.8, 4) is 11.5 Å². The van der Waals surface area contributed by atoms with Crippen LogP contribution in [0.15, 0.2) is 18.2 Å². The second-order valence-corrected chi connectivity index (χ2v) is 3.78. The van der Waals surface area contributed by atoms with E-state index in [4.69, 9.17) is 19.9 Å². The summed E-state index contributed by atoms with van der Waals surface area (Å²) in [7, 11) is 4.33. The number of pyridine rings is 1. The summed E-state index contributed by atoms with van der Waals surface area (Å²) >= 11 is 0. The maximum Gasteiger partial charge on any atom is 0.338 e. The van der Waals surface area contributed by atoms with Gasteiger partial charge in [0.05, 0.1) is 32.3 Å². The van der Waals surface area contributed by atoms with Crippen molar-refractivity contribution >= 4 is 22.7 Å². The molecule has 0 saturated carbocycles. The van der Waals surface area contributed by atoms with E-state index < -0.39 is 5.97 Å². The lowest BCUT2D eigenvalue weighted by atomic mass is 10.1. The lowest BCUT2D eigenvalue weighted by molar-refractivity contribution is 0.0602. The Kier molecular flexibility index (Phi) is 3.41. The molecule has 0 amide bonds. The minimum absolute atomic E-state index is 0.208.